The van der Waals surface area contributed by atoms with Crippen molar-refractivity contribution in [2.45, 2.75) is 5.75 Å². The highest BCUT2D eigenvalue weighted by Gasteiger charge is 2.10. The van der Waals surface area contributed by atoms with Crippen LogP contribution in [0.2, 0.25) is 0 Å². The minimum Gasteiger partial charge on any atom is -0.483 e. The van der Waals surface area contributed by atoms with Crippen molar-refractivity contribution in [3.05, 3.63) is 90.0 Å². The van der Waals surface area contributed by atoms with Crippen molar-refractivity contribution < 1.29 is 14.3 Å². The lowest BCUT2D eigenvalue weighted by Crippen LogP contribution is -2.43. The van der Waals surface area contributed by atoms with Crippen molar-refractivity contribution in [2.75, 3.05) is 12.9 Å². The van der Waals surface area contributed by atoms with Crippen LogP contribution in [0.25, 0.3) is 11.1 Å². The van der Waals surface area contributed by atoms with Crippen LogP contribution in [0.1, 0.15) is 15.9 Å². The second kappa shape index (κ2) is 10.3. The standard InChI is InChI=1S/C23H22N2O3S/c1-29-16-17-8-7-11-19(14-17)23(27)25-24-22(26)15-28-21-13-6-5-12-20(21)18-9-3-2-4-10-18/h2-14H,15-16H2,1H3,(H,24,26)(H,25,27). The molecule has 29 heavy (non-hydrogen) atoms. The summed E-state index contributed by atoms with van der Waals surface area (Å²) in [5, 5.41) is 0. The summed E-state index contributed by atoms with van der Waals surface area (Å²) >= 11 is 1.68. The van der Waals surface area contributed by atoms with E-state index >= 15 is 0 Å². The molecule has 0 radical (unpaired) electrons. The van der Waals surface area contributed by atoms with Gasteiger partial charge in [0.15, 0.2) is 6.61 Å². The summed E-state index contributed by atoms with van der Waals surface area (Å²) in [6.45, 7) is -0.212. The summed E-state index contributed by atoms with van der Waals surface area (Å²) < 4.78 is 5.68. The third kappa shape index (κ3) is 5.86. The number of carbonyl (C=O) groups excluding carboxylic acids is 2. The highest BCUT2D eigenvalue weighted by molar-refractivity contribution is 7.97. The van der Waals surface area contributed by atoms with Gasteiger partial charge in [0.05, 0.1) is 0 Å². The first-order valence-corrected chi connectivity index (χ1v) is 10.5. The molecule has 2 N–H and O–H groups in total. The molecule has 0 unspecified atom stereocenters. The van der Waals surface area contributed by atoms with E-state index in [1.54, 1.807) is 17.8 Å². The highest BCUT2D eigenvalue weighted by Crippen LogP contribution is 2.29. The molecule has 148 valence electrons. The van der Waals surface area contributed by atoms with Gasteiger partial charge in [-0.1, -0.05) is 60.7 Å². The van der Waals surface area contributed by atoms with Crippen molar-refractivity contribution in [1.82, 2.24) is 10.9 Å². The maximum Gasteiger partial charge on any atom is 0.276 e. The molecule has 2 amide bonds. The van der Waals surface area contributed by atoms with Crippen LogP contribution in [0.4, 0.5) is 0 Å². The summed E-state index contributed by atoms with van der Waals surface area (Å²) in [5.41, 5.74) is 8.26. The molecule has 0 aliphatic carbocycles. The fraction of sp³-hybridized carbons (Fsp3) is 0.130. The molecule has 0 atom stereocenters. The number of para-hydroxylation sites is 1. The lowest BCUT2D eigenvalue weighted by atomic mass is 10.1. The summed E-state index contributed by atoms with van der Waals surface area (Å²) in [5.74, 6) is 0.611. The molecule has 0 heterocycles. The van der Waals surface area contributed by atoms with Crippen LogP contribution in [-0.2, 0) is 10.5 Å². The molecule has 0 spiro atoms. The number of hydrazine groups is 1. The molecular weight excluding hydrogens is 384 g/mol. The van der Waals surface area contributed by atoms with Gasteiger partial charge in [-0.3, -0.25) is 20.4 Å². The van der Waals surface area contributed by atoms with Crippen molar-refractivity contribution in [2.24, 2.45) is 0 Å². The Balaban J connectivity index is 1.55. The SMILES string of the molecule is CSCc1cccc(C(=O)NNC(=O)COc2ccccc2-c2ccccc2)c1. The van der Waals surface area contributed by atoms with E-state index in [1.165, 1.54) is 0 Å². The van der Waals surface area contributed by atoms with Gasteiger partial charge in [-0.25, -0.2) is 0 Å². The van der Waals surface area contributed by atoms with Crippen LogP contribution in [0.3, 0.4) is 0 Å². The second-order valence-electron chi connectivity index (χ2n) is 6.29. The molecule has 3 aromatic carbocycles. The van der Waals surface area contributed by atoms with Crippen LogP contribution in [0.15, 0.2) is 78.9 Å². The van der Waals surface area contributed by atoms with Crippen LogP contribution < -0.4 is 15.6 Å². The number of nitrogens with one attached hydrogen (secondary N) is 2. The van der Waals surface area contributed by atoms with Gasteiger partial charge in [0.2, 0.25) is 0 Å². The molecule has 0 bridgehead atoms. The smallest absolute Gasteiger partial charge is 0.276 e. The van der Waals surface area contributed by atoms with E-state index in [0.717, 1.165) is 22.4 Å². The molecule has 0 saturated carbocycles. The number of carbonyl (C=O) groups is 2. The van der Waals surface area contributed by atoms with Crippen molar-refractivity contribution in [1.29, 1.82) is 0 Å². The van der Waals surface area contributed by atoms with E-state index in [2.05, 4.69) is 10.9 Å². The summed E-state index contributed by atoms with van der Waals surface area (Å²) in [6.07, 6.45) is 2.00. The van der Waals surface area contributed by atoms with Gasteiger partial charge in [0.25, 0.3) is 11.8 Å². The Morgan fingerprint density at radius 2 is 1.66 bits per heavy atom. The summed E-state index contributed by atoms with van der Waals surface area (Å²) in [6, 6.07) is 24.6. The minimum atomic E-state index is -0.443. The molecule has 0 aliphatic heterocycles. The zero-order valence-electron chi connectivity index (χ0n) is 16.1. The quantitative estimate of drug-likeness (QED) is 0.581. The average molecular weight is 407 g/mol. The Labute approximate surface area is 174 Å². The van der Waals surface area contributed by atoms with Gasteiger partial charge in [-0.15, -0.1) is 0 Å². The third-order valence-corrected chi connectivity index (χ3v) is 4.77. The predicted molar refractivity (Wildman–Crippen MR) is 117 cm³/mol. The molecule has 0 saturated heterocycles. The van der Waals surface area contributed by atoms with Crippen LogP contribution in [0, 0.1) is 0 Å². The topological polar surface area (TPSA) is 67.4 Å². The first-order chi connectivity index (χ1) is 14.2. The third-order valence-electron chi connectivity index (χ3n) is 4.15. The fourth-order valence-corrected chi connectivity index (χ4v) is 3.31. The summed E-state index contributed by atoms with van der Waals surface area (Å²) in [7, 11) is 0. The van der Waals surface area contributed by atoms with E-state index in [9.17, 15) is 9.59 Å². The number of amides is 2. The molecule has 6 heteroatoms. The maximum atomic E-state index is 12.2. The van der Waals surface area contributed by atoms with E-state index in [1.807, 2.05) is 79.1 Å². The predicted octanol–water partition coefficient (Wildman–Crippen LogP) is 4.06. The zero-order valence-corrected chi connectivity index (χ0v) is 16.9. The summed E-state index contributed by atoms with van der Waals surface area (Å²) in [4.78, 5) is 24.4. The van der Waals surface area contributed by atoms with E-state index < -0.39 is 5.91 Å². The Bertz CT molecular complexity index is 977. The first-order valence-electron chi connectivity index (χ1n) is 9.11. The fourth-order valence-electron chi connectivity index (χ4n) is 2.80. The van der Waals surface area contributed by atoms with Gasteiger partial charge in [-0.05, 0) is 35.6 Å². The number of hydrogen-bond donors (Lipinski definition) is 2. The largest absolute Gasteiger partial charge is 0.483 e. The lowest BCUT2D eigenvalue weighted by Gasteiger charge is -2.12. The number of thioether (sulfide) groups is 1. The van der Waals surface area contributed by atoms with Crippen molar-refractivity contribution >= 4 is 23.6 Å². The van der Waals surface area contributed by atoms with E-state index in [0.29, 0.717) is 11.3 Å². The number of rotatable bonds is 7. The van der Waals surface area contributed by atoms with Crippen molar-refractivity contribution in [3.63, 3.8) is 0 Å². The lowest BCUT2D eigenvalue weighted by molar-refractivity contribution is -0.123. The Hall–Kier alpha value is -3.25. The van der Waals surface area contributed by atoms with Gasteiger partial charge in [0.1, 0.15) is 5.75 Å². The zero-order chi connectivity index (χ0) is 20.5. The minimum absolute atomic E-state index is 0.212. The number of hydrogen-bond acceptors (Lipinski definition) is 4. The normalized spacial score (nSPS) is 10.2. The monoisotopic (exact) mass is 406 g/mol. The highest BCUT2D eigenvalue weighted by atomic mass is 32.2. The average Bonchev–Trinajstić information content (AvgIpc) is 2.77. The molecule has 0 fully saturated rings. The van der Waals surface area contributed by atoms with E-state index in [4.69, 9.17) is 4.74 Å². The van der Waals surface area contributed by atoms with Crippen molar-refractivity contribution in [3.8, 4) is 16.9 Å². The molecule has 0 aliphatic rings. The Morgan fingerprint density at radius 3 is 2.45 bits per heavy atom. The Morgan fingerprint density at radius 1 is 0.897 bits per heavy atom. The molecule has 0 aromatic heterocycles. The Kier molecular flexibility index (Phi) is 7.30. The molecule has 3 rings (SSSR count). The maximum absolute atomic E-state index is 12.2. The van der Waals surface area contributed by atoms with Gasteiger partial charge in [0, 0.05) is 16.9 Å². The number of ether oxygens (including phenoxy) is 1. The van der Waals surface area contributed by atoms with Gasteiger partial charge >= 0.3 is 0 Å². The van der Waals surface area contributed by atoms with Crippen LogP contribution >= 0.6 is 11.8 Å². The number of benzene rings is 3. The van der Waals surface area contributed by atoms with E-state index in [-0.39, 0.29) is 12.5 Å². The second-order valence-corrected chi connectivity index (χ2v) is 7.15. The van der Waals surface area contributed by atoms with Crippen LogP contribution in [-0.4, -0.2) is 24.7 Å². The first kappa shape index (κ1) is 20.5. The van der Waals surface area contributed by atoms with Gasteiger partial charge < -0.3 is 4.74 Å². The molecular formula is C23H22N2O3S. The van der Waals surface area contributed by atoms with Gasteiger partial charge in [-0.2, -0.15) is 11.8 Å². The molecule has 3 aromatic rings. The molecule has 5 nitrogen and oxygen atoms in total. The van der Waals surface area contributed by atoms with Crippen LogP contribution in [0.5, 0.6) is 5.75 Å².